The second-order valence-corrected chi connectivity index (χ2v) is 10.3. The van der Waals surface area contributed by atoms with Gasteiger partial charge >= 0.3 is 6.61 Å². The van der Waals surface area contributed by atoms with Crippen molar-refractivity contribution in [2.75, 3.05) is 10.2 Å². The number of rotatable bonds is 6. The van der Waals surface area contributed by atoms with Crippen LogP contribution < -0.4 is 15.0 Å². The molecule has 7 nitrogen and oxygen atoms in total. The lowest BCUT2D eigenvalue weighted by molar-refractivity contribution is -0.0505. The van der Waals surface area contributed by atoms with Crippen molar-refractivity contribution in [3.63, 3.8) is 0 Å². The highest BCUT2D eigenvalue weighted by Gasteiger charge is 2.42. The van der Waals surface area contributed by atoms with Gasteiger partial charge in [-0.15, -0.1) is 0 Å². The Bertz CT molecular complexity index is 1860. The van der Waals surface area contributed by atoms with Gasteiger partial charge in [0.25, 0.3) is 0 Å². The summed E-state index contributed by atoms with van der Waals surface area (Å²) in [5.74, 6) is 1.76. The van der Waals surface area contributed by atoms with Crippen LogP contribution in [0, 0.1) is 6.92 Å². The number of alkyl halides is 2. The topological polar surface area (TPSA) is 67.0 Å². The van der Waals surface area contributed by atoms with Crippen LogP contribution in [0.4, 0.5) is 31.7 Å². The van der Waals surface area contributed by atoms with Crippen molar-refractivity contribution in [1.29, 1.82) is 0 Å². The summed E-state index contributed by atoms with van der Waals surface area (Å²) in [5, 5.41) is 8.39. The molecule has 0 saturated carbocycles. The fraction of sp³-hybridized carbons (Fsp3) is 0.147. The number of para-hydroxylation sites is 4. The van der Waals surface area contributed by atoms with E-state index < -0.39 is 12.7 Å². The Labute approximate surface area is 247 Å². The van der Waals surface area contributed by atoms with Crippen molar-refractivity contribution in [1.82, 2.24) is 9.78 Å². The third kappa shape index (κ3) is 4.72. The minimum absolute atomic E-state index is 0.0891. The van der Waals surface area contributed by atoms with Crippen molar-refractivity contribution in [3.05, 3.63) is 126 Å². The fourth-order valence-electron chi connectivity index (χ4n) is 5.71. The van der Waals surface area contributed by atoms with E-state index in [1.54, 1.807) is 16.8 Å². The van der Waals surface area contributed by atoms with E-state index in [0.29, 0.717) is 23.1 Å². The van der Waals surface area contributed by atoms with Gasteiger partial charge in [-0.25, -0.2) is 14.7 Å². The standard InChI is InChI=1S/C34H28F2N6O/c1-3-22-17-19-23(20-18-22)37-31-33-39-32-29(21(2)40-42(32)24-11-5-4-6-12-24)30(25-13-7-10-16-28(25)43-34(35)36)41(33)27-15-9-8-14-26(27)38-31/h4-20,30,34H,3H2,1-2H3,(H,37,38). The third-order valence-electron chi connectivity index (χ3n) is 7.69. The molecule has 0 aliphatic carbocycles. The number of fused-ring (bicyclic) bond motifs is 4. The Kier molecular flexibility index (Phi) is 6.69. The maximum atomic E-state index is 13.7. The molecular formula is C34H28F2N6O. The molecule has 0 fully saturated rings. The number of benzene rings is 4. The number of aromatic nitrogens is 2. The summed E-state index contributed by atoms with van der Waals surface area (Å²) in [7, 11) is 0. The fourth-order valence-corrected chi connectivity index (χ4v) is 5.71. The summed E-state index contributed by atoms with van der Waals surface area (Å²) >= 11 is 0. The van der Waals surface area contributed by atoms with Crippen LogP contribution in [0.3, 0.4) is 0 Å². The number of aliphatic imine (C=N–C) groups is 2. The van der Waals surface area contributed by atoms with Crippen molar-refractivity contribution >= 4 is 34.6 Å². The largest absolute Gasteiger partial charge is 0.434 e. The van der Waals surface area contributed by atoms with Gasteiger partial charge in [0.1, 0.15) is 5.75 Å². The summed E-state index contributed by atoms with van der Waals surface area (Å²) < 4.78 is 34.3. The monoisotopic (exact) mass is 574 g/mol. The van der Waals surface area contributed by atoms with Crippen molar-refractivity contribution in [2.45, 2.75) is 32.9 Å². The maximum absolute atomic E-state index is 13.7. The normalized spacial score (nSPS) is 15.3. The van der Waals surface area contributed by atoms with E-state index in [2.05, 4.69) is 24.4 Å². The number of ether oxygens (including phenoxy) is 1. The first kappa shape index (κ1) is 26.6. The minimum atomic E-state index is -2.98. The van der Waals surface area contributed by atoms with Crippen molar-refractivity contribution in [3.8, 4) is 11.4 Å². The molecule has 2 aliphatic rings. The number of anilines is 2. The Morgan fingerprint density at radius 3 is 2.35 bits per heavy atom. The van der Waals surface area contributed by atoms with Crippen LogP contribution in [0.5, 0.6) is 5.75 Å². The van der Waals surface area contributed by atoms with Crippen LogP contribution in [-0.2, 0) is 6.42 Å². The summed E-state index contributed by atoms with van der Waals surface area (Å²) in [5.41, 5.74) is 6.51. The minimum Gasteiger partial charge on any atom is -0.434 e. The molecule has 5 aromatic rings. The summed E-state index contributed by atoms with van der Waals surface area (Å²) in [6, 6.07) is 32.0. The summed E-state index contributed by atoms with van der Waals surface area (Å²) in [4.78, 5) is 12.2. The van der Waals surface area contributed by atoms with E-state index in [1.807, 2.05) is 90.7 Å². The second-order valence-electron chi connectivity index (χ2n) is 10.3. The van der Waals surface area contributed by atoms with Crippen LogP contribution in [0.2, 0.25) is 0 Å². The Hall–Kier alpha value is -5.31. The van der Waals surface area contributed by atoms with E-state index in [9.17, 15) is 8.78 Å². The zero-order valence-electron chi connectivity index (χ0n) is 23.6. The third-order valence-corrected chi connectivity index (χ3v) is 7.69. The molecule has 7 rings (SSSR count). The van der Waals surface area contributed by atoms with Crippen LogP contribution in [0.1, 0.15) is 35.3 Å². The molecular weight excluding hydrogens is 546 g/mol. The lowest BCUT2D eigenvalue weighted by atomic mass is 9.92. The summed E-state index contributed by atoms with van der Waals surface area (Å²) in [6.07, 6.45) is 0.933. The average Bonchev–Trinajstić information content (AvgIpc) is 3.37. The molecule has 214 valence electrons. The Balaban J connectivity index is 1.49. The molecule has 2 aliphatic heterocycles. The second kappa shape index (κ2) is 10.8. The molecule has 0 saturated heterocycles. The van der Waals surface area contributed by atoms with E-state index in [-0.39, 0.29) is 5.75 Å². The highest BCUT2D eigenvalue weighted by Crippen LogP contribution is 2.50. The van der Waals surface area contributed by atoms with Gasteiger partial charge in [0.05, 0.1) is 28.8 Å². The highest BCUT2D eigenvalue weighted by atomic mass is 19.3. The smallest absolute Gasteiger partial charge is 0.387 e. The predicted octanol–water partition coefficient (Wildman–Crippen LogP) is 8.14. The zero-order chi connectivity index (χ0) is 29.5. The van der Waals surface area contributed by atoms with Gasteiger partial charge in [0, 0.05) is 16.8 Å². The highest BCUT2D eigenvalue weighted by molar-refractivity contribution is 6.51. The van der Waals surface area contributed by atoms with Crippen LogP contribution >= 0.6 is 0 Å². The van der Waals surface area contributed by atoms with Gasteiger partial charge in [-0.2, -0.15) is 13.9 Å². The molecule has 9 heteroatoms. The number of nitrogens with zero attached hydrogens (tertiary/aromatic N) is 5. The van der Waals surface area contributed by atoms with Gasteiger partial charge in [-0.1, -0.05) is 67.6 Å². The Morgan fingerprint density at radius 2 is 1.58 bits per heavy atom. The van der Waals surface area contributed by atoms with Crippen molar-refractivity contribution in [2.24, 2.45) is 9.98 Å². The van der Waals surface area contributed by atoms with E-state index in [4.69, 9.17) is 19.8 Å². The van der Waals surface area contributed by atoms with Crippen LogP contribution in [0.15, 0.2) is 113 Å². The van der Waals surface area contributed by atoms with E-state index in [0.717, 1.165) is 40.4 Å². The molecule has 1 atom stereocenters. The summed E-state index contributed by atoms with van der Waals surface area (Å²) in [6.45, 7) is 1.05. The molecule has 0 bridgehead atoms. The molecule has 43 heavy (non-hydrogen) atoms. The molecule has 1 N–H and O–H groups in total. The van der Waals surface area contributed by atoms with Gasteiger partial charge in [-0.3, -0.25) is 0 Å². The number of hydrogen-bond acceptors (Lipinski definition) is 6. The van der Waals surface area contributed by atoms with E-state index in [1.165, 1.54) is 5.56 Å². The number of aryl methyl sites for hydroxylation is 2. The number of nitrogens with one attached hydrogen (secondary N) is 1. The predicted molar refractivity (Wildman–Crippen MR) is 166 cm³/mol. The van der Waals surface area contributed by atoms with Crippen LogP contribution in [0.25, 0.3) is 5.69 Å². The first-order valence-electron chi connectivity index (χ1n) is 14.1. The number of amidine groups is 2. The molecule has 0 radical (unpaired) electrons. The van der Waals surface area contributed by atoms with E-state index >= 15 is 0 Å². The van der Waals surface area contributed by atoms with Crippen LogP contribution in [-0.4, -0.2) is 28.1 Å². The zero-order valence-corrected chi connectivity index (χ0v) is 23.6. The maximum Gasteiger partial charge on any atom is 0.387 e. The molecule has 0 spiro atoms. The molecule has 3 heterocycles. The van der Waals surface area contributed by atoms with Gasteiger partial charge < -0.3 is 15.0 Å². The first-order valence-corrected chi connectivity index (χ1v) is 14.1. The lowest BCUT2D eigenvalue weighted by Gasteiger charge is -2.41. The van der Waals surface area contributed by atoms with Gasteiger partial charge in [0.2, 0.25) is 0 Å². The molecule has 1 unspecified atom stereocenters. The first-order chi connectivity index (χ1) is 21.0. The average molecular weight is 575 g/mol. The quantitative estimate of drug-likeness (QED) is 0.222. The Morgan fingerprint density at radius 1 is 0.860 bits per heavy atom. The van der Waals surface area contributed by atoms with Gasteiger partial charge in [0.15, 0.2) is 17.5 Å². The number of hydrogen-bond donors (Lipinski definition) is 1. The number of halogens is 2. The van der Waals surface area contributed by atoms with Crippen molar-refractivity contribution < 1.29 is 13.5 Å². The van der Waals surface area contributed by atoms with Gasteiger partial charge in [-0.05, 0) is 61.4 Å². The molecule has 1 aromatic heterocycles. The SMILES string of the molecule is CCc1ccc(NC2=Nc3ccccc3N3C2=Nc2c(c(C)nn2-c2ccccc2)C3c2ccccc2OC(F)F)cc1. The molecule has 0 amide bonds. The molecule has 4 aromatic carbocycles. The lowest BCUT2D eigenvalue weighted by Crippen LogP contribution is -2.46.